The summed E-state index contributed by atoms with van der Waals surface area (Å²) in [6.45, 7) is 1.90. The fraction of sp³-hybridized carbons (Fsp3) is 0.231. The molecule has 0 saturated carbocycles. The van der Waals surface area contributed by atoms with Gasteiger partial charge in [-0.15, -0.1) is 0 Å². The summed E-state index contributed by atoms with van der Waals surface area (Å²) in [4.78, 5) is 22.4. The predicted octanol–water partition coefficient (Wildman–Crippen LogP) is 2.11. The van der Waals surface area contributed by atoms with E-state index in [1.165, 1.54) is 0 Å². The number of hydrogen-bond acceptors (Lipinski definition) is 4. The zero-order valence-electron chi connectivity index (χ0n) is 9.55. The smallest absolute Gasteiger partial charge is 0.313 e. The Morgan fingerprint density at radius 1 is 1.29 bits per heavy atom. The first-order chi connectivity index (χ1) is 8.13. The Labute approximate surface area is 99.5 Å². The number of aliphatic hydroxyl groups excluding tert-OH is 1. The molecule has 0 aliphatic heterocycles. The number of benzene rings is 1. The number of ketones is 1. The first-order valence-electron chi connectivity index (χ1n) is 5.28. The summed E-state index contributed by atoms with van der Waals surface area (Å²) in [5.74, 6) is -1.22. The molecule has 0 heterocycles. The molecular formula is C13H14O4. The minimum Gasteiger partial charge on any atom is -0.507 e. The number of aliphatic hydroxyl groups is 1. The molecule has 0 spiro atoms. The van der Waals surface area contributed by atoms with Crippen molar-refractivity contribution in [2.45, 2.75) is 13.3 Å². The monoisotopic (exact) mass is 234 g/mol. The lowest BCUT2D eigenvalue weighted by molar-refractivity contribution is -0.144. The van der Waals surface area contributed by atoms with Gasteiger partial charge in [0.1, 0.15) is 12.2 Å². The molecule has 4 heteroatoms. The van der Waals surface area contributed by atoms with Crippen molar-refractivity contribution < 1.29 is 19.4 Å². The molecule has 0 amide bonds. The van der Waals surface area contributed by atoms with Crippen LogP contribution in [0.25, 0.3) is 5.76 Å². The van der Waals surface area contributed by atoms with Gasteiger partial charge in [0.2, 0.25) is 0 Å². The van der Waals surface area contributed by atoms with E-state index in [0.29, 0.717) is 5.56 Å². The molecule has 0 fully saturated rings. The van der Waals surface area contributed by atoms with Crippen LogP contribution in [0.2, 0.25) is 0 Å². The largest absolute Gasteiger partial charge is 0.507 e. The maximum Gasteiger partial charge on any atom is 0.313 e. The number of carbonyl (C=O) groups is 2. The van der Waals surface area contributed by atoms with Crippen molar-refractivity contribution >= 4 is 17.5 Å². The molecular weight excluding hydrogens is 220 g/mol. The van der Waals surface area contributed by atoms with E-state index in [-0.39, 0.29) is 18.8 Å². The second-order valence-electron chi connectivity index (χ2n) is 3.34. The van der Waals surface area contributed by atoms with Crippen LogP contribution in [0.5, 0.6) is 0 Å². The third kappa shape index (κ3) is 4.51. The highest BCUT2D eigenvalue weighted by Gasteiger charge is 2.09. The van der Waals surface area contributed by atoms with Gasteiger partial charge in [0.05, 0.1) is 6.61 Å². The van der Waals surface area contributed by atoms with Gasteiger partial charge in [-0.2, -0.15) is 0 Å². The molecule has 1 aromatic rings. The van der Waals surface area contributed by atoms with Crippen molar-refractivity contribution in [3.63, 3.8) is 0 Å². The molecule has 4 nitrogen and oxygen atoms in total. The fourth-order valence-corrected chi connectivity index (χ4v) is 1.25. The maximum absolute atomic E-state index is 11.4. The average molecular weight is 234 g/mol. The number of hydrogen-bond donors (Lipinski definition) is 1. The summed E-state index contributed by atoms with van der Waals surface area (Å²) in [5.41, 5.74) is 0.532. The van der Waals surface area contributed by atoms with Crippen molar-refractivity contribution in [1.82, 2.24) is 0 Å². The van der Waals surface area contributed by atoms with Crippen LogP contribution in [-0.4, -0.2) is 23.5 Å². The summed E-state index contributed by atoms with van der Waals surface area (Å²) < 4.78 is 4.63. The Morgan fingerprint density at radius 3 is 2.53 bits per heavy atom. The van der Waals surface area contributed by atoms with E-state index < -0.39 is 11.8 Å². The van der Waals surface area contributed by atoms with Crippen molar-refractivity contribution in [2.24, 2.45) is 0 Å². The number of carbonyl (C=O) groups excluding carboxylic acids is 2. The Hall–Kier alpha value is -2.10. The van der Waals surface area contributed by atoms with Crippen molar-refractivity contribution in [1.29, 1.82) is 0 Å². The molecule has 1 aromatic carbocycles. The van der Waals surface area contributed by atoms with Gasteiger partial charge in [-0.25, -0.2) is 0 Å². The molecule has 0 aliphatic carbocycles. The van der Waals surface area contributed by atoms with Gasteiger partial charge in [0.15, 0.2) is 5.78 Å². The average Bonchev–Trinajstić information content (AvgIpc) is 2.30. The highest BCUT2D eigenvalue weighted by Crippen LogP contribution is 2.10. The Bertz CT molecular complexity index is 420. The van der Waals surface area contributed by atoms with Gasteiger partial charge >= 0.3 is 5.97 Å². The van der Waals surface area contributed by atoms with E-state index in [1.54, 1.807) is 37.3 Å². The second-order valence-corrected chi connectivity index (χ2v) is 3.34. The molecule has 17 heavy (non-hydrogen) atoms. The van der Waals surface area contributed by atoms with Crippen LogP contribution in [0.15, 0.2) is 36.4 Å². The van der Waals surface area contributed by atoms with Gasteiger partial charge in [0, 0.05) is 11.6 Å². The summed E-state index contributed by atoms with van der Waals surface area (Å²) in [5, 5.41) is 9.62. The topological polar surface area (TPSA) is 63.6 Å². The van der Waals surface area contributed by atoms with Crippen molar-refractivity contribution in [3.8, 4) is 0 Å². The molecule has 0 saturated heterocycles. The SMILES string of the molecule is CCOC(=O)CC(=O)C=C(O)c1ccccc1. The van der Waals surface area contributed by atoms with Gasteiger partial charge in [-0.1, -0.05) is 30.3 Å². The van der Waals surface area contributed by atoms with E-state index in [0.717, 1.165) is 6.08 Å². The van der Waals surface area contributed by atoms with Crippen LogP contribution < -0.4 is 0 Å². The summed E-state index contributed by atoms with van der Waals surface area (Å²) >= 11 is 0. The molecule has 0 atom stereocenters. The van der Waals surface area contributed by atoms with Crippen LogP contribution >= 0.6 is 0 Å². The predicted molar refractivity (Wildman–Crippen MR) is 63.3 cm³/mol. The lowest BCUT2D eigenvalue weighted by Crippen LogP contribution is -2.09. The molecule has 1 N–H and O–H groups in total. The molecule has 0 unspecified atom stereocenters. The first kappa shape index (κ1) is 13.0. The van der Waals surface area contributed by atoms with Crippen LogP contribution in [-0.2, 0) is 14.3 Å². The summed E-state index contributed by atoms with van der Waals surface area (Å²) in [7, 11) is 0. The Balaban J connectivity index is 2.63. The second kappa shape index (κ2) is 6.48. The Kier molecular flexibility index (Phi) is 4.94. The normalized spacial score (nSPS) is 11.0. The Morgan fingerprint density at radius 2 is 1.94 bits per heavy atom. The van der Waals surface area contributed by atoms with Crippen LogP contribution in [0.3, 0.4) is 0 Å². The van der Waals surface area contributed by atoms with Crippen LogP contribution in [0.1, 0.15) is 18.9 Å². The van der Waals surface area contributed by atoms with Gasteiger partial charge in [0.25, 0.3) is 0 Å². The molecule has 0 aromatic heterocycles. The van der Waals surface area contributed by atoms with E-state index in [4.69, 9.17) is 0 Å². The summed E-state index contributed by atoms with van der Waals surface area (Å²) in [6, 6.07) is 8.63. The van der Waals surface area contributed by atoms with E-state index in [9.17, 15) is 14.7 Å². The molecule has 0 radical (unpaired) electrons. The zero-order valence-corrected chi connectivity index (χ0v) is 9.55. The van der Waals surface area contributed by atoms with Gasteiger partial charge < -0.3 is 9.84 Å². The quantitative estimate of drug-likeness (QED) is 0.367. The first-order valence-corrected chi connectivity index (χ1v) is 5.28. The van der Waals surface area contributed by atoms with E-state index in [2.05, 4.69) is 4.74 Å². The highest BCUT2D eigenvalue weighted by atomic mass is 16.5. The lowest BCUT2D eigenvalue weighted by atomic mass is 10.1. The fourth-order valence-electron chi connectivity index (χ4n) is 1.25. The van der Waals surface area contributed by atoms with Gasteiger partial charge in [-0.05, 0) is 6.92 Å². The highest BCUT2D eigenvalue weighted by molar-refractivity contribution is 6.04. The molecule has 0 bridgehead atoms. The lowest BCUT2D eigenvalue weighted by Gasteiger charge is -2.00. The van der Waals surface area contributed by atoms with Crippen molar-refractivity contribution in [3.05, 3.63) is 42.0 Å². The minimum atomic E-state index is -0.588. The van der Waals surface area contributed by atoms with Crippen LogP contribution in [0, 0.1) is 0 Å². The number of esters is 1. The molecule has 1 rings (SSSR count). The van der Waals surface area contributed by atoms with Crippen LogP contribution in [0.4, 0.5) is 0 Å². The zero-order chi connectivity index (χ0) is 12.7. The van der Waals surface area contributed by atoms with Crippen molar-refractivity contribution in [2.75, 3.05) is 6.61 Å². The third-order valence-electron chi connectivity index (χ3n) is 1.99. The number of ether oxygens (including phenoxy) is 1. The standard InChI is InChI=1S/C13H14O4/c1-2-17-13(16)9-11(14)8-12(15)10-6-4-3-5-7-10/h3-8,15H,2,9H2,1H3. The number of allylic oxidation sites excluding steroid dienone is 1. The van der Waals surface area contributed by atoms with E-state index in [1.807, 2.05) is 0 Å². The summed E-state index contributed by atoms with van der Waals surface area (Å²) in [6.07, 6.45) is 0.678. The minimum absolute atomic E-state index is 0.153. The van der Waals surface area contributed by atoms with E-state index >= 15 is 0 Å². The molecule has 0 aliphatic rings. The maximum atomic E-state index is 11.4. The number of rotatable bonds is 5. The molecule has 90 valence electrons. The third-order valence-corrected chi connectivity index (χ3v) is 1.99. The van der Waals surface area contributed by atoms with Gasteiger partial charge in [-0.3, -0.25) is 9.59 Å².